The van der Waals surface area contributed by atoms with Gasteiger partial charge >= 0.3 is 6.09 Å². The minimum atomic E-state index is -4.03. The molecule has 20 heavy (non-hydrogen) atoms. The van der Waals surface area contributed by atoms with Crippen molar-refractivity contribution < 1.29 is 17.9 Å². The van der Waals surface area contributed by atoms with Crippen molar-refractivity contribution >= 4 is 27.0 Å². The summed E-state index contributed by atoms with van der Waals surface area (Å²) in [6.07, 6.45) is -0.775. The van der Waals surface area contributed by atoms with Crippen LogP contribution in [0.5, 0.6) is 0 Å². The quantitative estimate of drug-likeness (QED) is 0.872. The molecular weight excluding hydrogens is 280 g/mol. The van der Waals surface area contributed by atoms with Crippen LogP contribution < -0.4 is 5.14 Å². The van der Waals surface area contributed by atoms with Gasteiger partial charge in [0.05, 0.1) is 5.52 Å². The smallest absolute Gasteiger partial charge is 0.420 e. The molecule has 0 bridgehead atoms. The molecule has 0 radical (unpaired) electrons. The van der Waals surface area contributed by atoms with Gasteiger partial charge in [0.25, 0.3) is 10.0 Å². The number of benzene rings is 1. The molecule has 1 heterocycles. The van der Waals surface area contributed by atoms with Crippen molar-refractivity contribution in [2.75, 3.05) is 0 Å². The van der Waals surface area contributed by atoms with Gasteiger partial charge in [0.2, 0.25) is 0 Å². The van der Waals surface area contributed by atoms with Crippen LogP contribution >= 0.6 is 0 Å². The highest BCUT2D eigenvalue weighted by Gasteiger charge is 2.26. The molecule has 2 rings (SSSR count). The molecule has 7 heteroatoms. The van der Waals surface area contributed by atoms with Crippen LogP contribution in [0.25, 0.3) is 10.9 Å². The summed E-state index contributed by atoms with van der Waals surface area (Å²) in [4.78, 5) is 12.2. The molecule has 0 amide bonds. The second-order valence-electron chi connectivity index (χ2n) is 5.40. The Morgan fingerprint density at radius 1 is 1.25 bits per heavy atom. The van der Waals surface area contributed by atoms with Gasteiger partial charge < -0.3 is 4.74 Å². The van der Waals surface area contributed by atoms with E-state index in [1.54, 1.807) is 45.0 Å². The van der Waals surface area contributed by atoms with E-state index >= 15 is 0 Å². The Hall–Kier alpha value is -1.86. The van der Waals surface area contributed by atoms with Crippen LogP contribution in [-0.2, 0) is 14.8 Å². The zero-order chi connectivity index (χ0) is 15.1. The van der Waals surface area contributed by atoms with E-state index in [9.17, 15) is 13.2 Å². The Labute approximate surface area is 117 Å². The Kier molecular flexibility index (Phi) is 3.35. The van der Waals surface area contributed by atoms with E-state index in [0.29, 0.717) is 10.9 Å². The van der Waals surface area contributed by atoms with Crippen molar-refractivity contribution in [1.82, 2.24) is 4.57 Å². The topological polar surface area (TPSA) is 91.4 Å². The normalized spacial score (nSPS) is 12.6. The average molecular weight is 296 g/mol. The molecule has 6 nitrogen and oxygen atoms in total. The molecule has 0 atom stereocenters. The number of carbonyl (C=O) groups excluding carboxylic acids is 1. The number of para-hydroxylation sites is 1. The second kappa shape index (κ2) is 4.60. The molecular formula is C13H16N2O4S. The highest BCUT2D eigenvalue weighted by molar-refractivity contribution is 7.89. The standard InChI is InChI=1S/C13H16N2O4S/c1-13(2,3)19-12(16)15-10-7-5-4-6-9(10)8-11(15)20(14,17)18/h4-8H,1-3H3,(H2,14,17,18). The fourth-order valence-electron chi connectivity index (χ4n) is 1.83. The summed E-state index contributed by atoms with van der Waals surface area (Å²) in [7, 11) is -4.03. The van der Waals surface area contributed by atoms with Crippen LogP contribution in [-0.4, -0.2) is 24.7 Å². The molecule has 0 aliphatic rings. The van der Waals surface area contributed by atoms with E-state index in [2.05, 4.69) is 0 Å². The fraction of sp³-hybridized carbons (Fsp3) is 0.308. The van der Waals surface area contributed by atoms with Crippen molar-refractivity contribution in [2.45, 2.75) is 31.4 Å². The minimum absolute atomic E-state index is 0.284. The molecule has 0 fully saturated rings. The number of carbonyl (C=O) groups is 1. The fourth-order valence-corrected chi connectivity index (χ4v) is 2.55. The minimum Gasteiger partial charge on any atom is -0.443 e. The number of fused-ring (bicyclic) bond motifs is 1. The first-order valence-corrected chi connectivity index (χ1v) is 7.51. The third kappa shape index (κ3) is 2.83. The molecule has 2 N–H and O–H groups in total. The second-order valence-corrected chi connectivity index (χ2v) is 6.91. The third-order valence-electron chi connectivity index (χ3n) is 2.54. The number of aromatic nitrogens is 1. The van der Waals surface area contributed by atoms with E-state index in [4.69, 9.17) is 9.88 Å². The van der Waals surface area contributed by atoms with Gasteiger partial charge in [-0.2, -0.15) is 0 Å². The maximum Gasteiger partial charge on any atom is 0.420 e. The summed E-state index contributed by atoms with van der Waals surface area (Å²) < 4.78 is 29.5. The first kappa shape index (κ1) is 14.5. The molecule has 108 valence electrons. The van der Waals surface area contributed by atoms with Gasteiger partial charge in [-0.15, -0.1) is 0 Å². The Bertz CT molecular complexity index is 769. The average Bonchev–Trinajstić information content (AvgIpc) is 2.65. The molecule has 1 aromatic heterocycles. The molecule has 0 saturated heterocycles. The Morgan fingerprint density at radius 2 is 1.85 bits per heavy atom. The van der Waals surface area contributed by atoms with Crippen LogP contribution in [0.3, 0.4) is 0 Å². The largest absolute Gasteiger partial charge is 0.443 e. The SMILES string of the molecule is CC(C)(C)OC(=O)n1c(S(N)(=O)=O)cc2ccccc21. The summed E-state index contributed by atoms with van der Waals surface area (Å²) in [5.41, 5.74) is -0.302. The van der Waals surface area contributed by atoms with Gasteiger partial charge in [0.1, 0.15) is 5.60 Å². The molecule has 0 unspecified atom stereocenters. The number of nitrogens with two attached hydrogens (primary N) is 1. The van der Waals surface area contributed by atoms with Gasteiger partial charge in [0, 0.05) is 5.39 Å². The van der Waals surface area contributed by atoms with Gasteiger partial charge in [0.15, 0.2) is 5.03 Å². The predicted molar refractivity (Wildman–Crippen MR) is 74.9 cm³/mol. The van der Waals surface area contributed by atoms with E-state index in [1.807, 2.05) is 0 Å². The number of nitrogens with zero attached hydrogens (tertiary/aromatic N) is 1. The first-order chi connectivity index (χ1) is 9.09. The maximum absolute atomic E-state index is 12.2. The van der Waals surface area contributed by atoms with Crippen molar-refractivity contribution in [1.29, 1.82) is 0 Å². The van der Waals surface area contributed by atoms with Crippen LogP contribution in [0.15, 0.2) is 35.4 Å². The lowest BCUT2D eigenvalue weighted by atomic mass is 10.2. The van der Waals surface area contributed by atoms with Crippen molar-refractivity contribution in [3.63, 3.8) is 0 Å². The van der Waals surface area contributed by atoms with E-state index in [1.165, 1.54) is 6.07 Å². The number of sulfonamides is 1. The highest BCUT2D eigenvalue weighted by Crippen LogP contribution is 2.24. The van der Waals surface area contributed by atoms with E-state index in [0.717, 1.165) is 4.57 Å². The highest BCUT2D eigenvalue weighted by atomic mass is 32.2. The number of rotatable bonds is 1. The van der Waals surface area contributed by atoms with Crippen molar-refractivity contribution in [2.24, 2.45) is 5.14 Å². The number of hydrogen-bond acceptors (Lipinski definition) is 4. The zero-order valence-electron chi connectivity index (χ0n) is 11.5. The lowest BCUT2D eigenvalue weighted by Crippen LogP contribution is -2.29. The van der Waals surface area contributed by atoms with Crippen LogP contribution in [0.1, 0.15) is 20.8 Å². The zero-order valence-corrected chi connectivity index (χ0v) is 12.3. The van der Waals surface area contributed by atoms with Crippen molar-refractivity contribution in [3.05, 3.63) is 30.3 Å². The van der Waals surface area contributed by atoms with Crippen molar-refractivity contribution in [3.8, 4) is 0 Å². The van der Waals surface area contributed by atoms with Crippen LogP contribution in [0, 0.1) is 0 Å². The van der Waals surface area contributed by atoms with Gasteiger partial charge in [-0.25, -0.2) is 22.9 Å². The lowest BCUT2D eigenvalue weighted by molar-refractivity contribution is 0.0530. The Morgan fingerprint density at radius 3 is 2.40 bits per heavy atom. The number of ether oxygens (including phenoxy) is 1. The van der Waals surface area contributed by atoms with E-state index in [-0.39, 0.29) is 5.03 Å². The molecule has 1 aromatic carbocycles. The van der Waals surface area contributed by atoms with E-state index < -0.39 is 21.7 Å². The number of primary sulfonamides is 1. The van der Waals surface area contributed by atoms with Crippen LogP contribution in [0.4, 0.5) is 4.79 Å². The Balaban J connectivity index is 2.69. The molecule has 2 aromatic rings. The molecule has 0 aliphatic heterocycles. The summed E-state index contributed by atoms with van der Waals surface area (Å²) in [6, 6.07) is 8.14. The summed E-state index contributed by atoms with van der Waals surface area (Å²) in [5, 5.41) is 5.48. The monoisotopic (exact) mass is 296 g/mol. The molecule has 0 saturated carbocycles. The van der Waals surface area contributed by atoms with Gasteiger partial charge in [-0.1, -0.05) is 18.2 Å². The summed E-state index contributed by atoms with van der Waals surface area (Å²) >= 11 is 0. The number of hydrogen-bond donors (Lipinski definition) is 1. The molecule has 0 spiro atoms. The third-order valence-corrected chi connectivity index (χ3v) is 3.43. The van der Waals surface area contributed by atoms with Crippen LogP contribution in [0.2, 0.25) is 0 Å². The lowest BCUT2D eigenvalue weighted by Gasteiger charge is -2.20. The van der Waals surface area contributed by atoms with Gasteiger partial charge in [-0.05, 0) is 32.9 Å². The predicted octanol–water partition coefficient (Wildman–Crippen LogP) is 2.07. The first-order valence-electron chi connectivity index (χ1n) is 5.96. The summed E-state index contributed by atoms with van der Waals surface area (Å²) in [5.74, 6) is 0. The summed E-state index contributed by atoms with van der Waals surface area (Å²) in [6.45, 7) is 5.10. The molecule has 0 aliphatic carbocycles. The maximum atomic E-state index is 12.2. The van der Waals surface area contributed by atoms with Gasteiger partial charge in [-0.3, -0.25) is 0 Å².